The Morgan fingerprint density at radius 3 is 2.71 bits per heavy atom. The summed E-state index contributed by atoms with van der Waals surface area (Å²) in [7, 11) is 0. The first-order valence-corrected chi connectivity index (χ1v) is 15.2. The summed E-state index contributed by atoms with van der Waals surface area (Å²) in [4.78, 5) is 14.0. The van der Waals surface area contributed by atoms with Crippen molar-refractivity contribution in [2.45, 2.75) is 55.9 Å². The maximum Gasteiger partial charge on any atom is 0.319 e. The fraction of sp³-hybridized carbons (Fsp3) is 0.438. The van der Waals surface area contributed by atoms with E-state index in [2.05, 4.69) is 15.1 Å². The second kappa shape index (κ2) is 9.89. The minimum absolute atomic E-state index is 0.0195. The third-order valence-corrected chi connectivity index (χ3v) is 10.1. The molecule has 0 radical (unpaired) electrons. The molecule has 4 saturated heterocycles. The van der Waals surface area contributed by atoms with Gasteiger partial charge in [0.15, 0.2) is 0 Å². The van der Waals surface area contributed by atoms with Gasteiger partial charge in [-0.2, -0.15) is 9.97 Å². The molecule has 2 N–H and O–H groups in total. The van der Waals surface area contributed by atoms with Crippen LogP contribution in [0.2, 0.25) is 5.02 Å². The van der Waals surface area contributed by atoms with E-state index in [-0.39, 0.29) is 34.5 Å². The summed E-state index contributed by atoms with van der Waals surface area (Å²) in [5.41, 5.74) is 0.689. The second-order valence-electron chi connectivity index (χ2n) is 12.4. The van der Waals surface area contributed by atoms with Gasteiger partial charge in [-0.1, -0.05) is 35.9 Å². The number of nitrogens with one attached hydrogen (secondary N) is 1. The zero-order chi connectivity index (χ0) is 28.6. The average Bonchev–Trinajstić information content (AvgIpc) is 3.62. The highest BCUT2D eigenvalue weighted by molar-refractivity contribution is 6.38. The number of halogens is 3. The van der Waals surface area contributed by atoms with Gasteiger partial charge in [0.2, 0.25) is 0 Å². The van der Waals surface area contributed by atoms with Crippen LogP contribution in [0.4, 0.5) is 14.6 Å². The van der Waals surface area contributed by atoms with Gasteiger partial charge in [0.1, 0.15) is 30.2 Å². The maximum absolute atomic E-state index is 16.1. The smallest absolute Gasteiger partial charge is 0.319 e. The van der Waals surface area contributed by atoms with Crippen LogP contribution in [-0.2, 0) is 0 Å². The Hall–Kier alpha value is -3.27. The summed E-state index contributed by atoms with van der Waals surface area (Å²) >= 11 is 7.06. The minimum Gasteiger partial charge on any atom is -0.508 e. The van der Waals surface area contributed by atoms with E-state index in [0.29, 0.717) is 47.3 Å². The van der Waals surface area contributed by atoms with Crippen molar-refractivity contribution in [2.75, 3.05) is 37.7 Å². The number of ether oxygens (including phenoxy) is 1. The van der Waals surface area contributed by atoms with Crippen LogP contribution in [0.25, 0.3) is 32.8 Å². The van der Waals surface area contributed by atoms with E-state index in [1.54, 1.807) is 6.07 Å². The van der Waals surface area contributed by atoms with Gasteiger partial charge in [0.05, 0.1) is 16.1 Å². The van der Waals surface area contributed by atoms with Gasteiger partial charge in [0.25, 0.3) is 0 Å². The second-order valence-corrected chi connectivity index (χ2v) is 12.8. The molecule has 0 amide bonds. The fourth-order valence-electron chi connectivity index (χ4n) is 7.83. The molecular formula is C32H32ClF2N5O2. The Labute approximate surface area is 247 Å². The lowest BCUT2D eigenvalue weighted by Crippen LogP contribution is -2.51. The molecule has 4 aliphatic heterocycles. The van der Waals surface area contributed by atoms with Crippen molar-refractivity contribution >= 4 is 39.1 Å². The molecule has 7 nitrogen and oxygen atoms in total. The van der Waals surface area contributed by atoms with E-state index in [9.17, 15) is 9.50 Å². The molecule has 4 fully saturated rings. The summed E-state index contributed by atoms with van der Waals surface area (Å²) in [6.07, 6.45) is 3.62. The van der Waals surface area contributed by atoms with Gasteiger partial charge < -0.3 is 20.1 Å². The zero-order valence-electron chi connectivity index (χ0n) is 23.1. The summed E-state index contributed by atoms with van der Waals surface area (Å²) in [6.45, 7) is 3.06. The fourth-order valence-corrected chi connectivity index (χ4v) is 8.17. The van der Waals surface area contributed by atoms with E-state index < -0.39 is 12.0 Å². The topological polar surface area (TPSA) is 73.8 Å². The van der Waals surface area contributed by atoms with Crippen LogP contribution in [0.3, 0.4) is 0 Å². The van der Waals surface area contributed by atoms with Gasteiger partial charge in [-0.25, -0.2) is 8.78 Å². The number of aromatic nitrogens is 2. The van der Waals surface area contributed by atoms with Crippen molar-refractivity contribution in [1.29, 1.82) is 0 Å². The number of anilines is 1. The molecule has 0 saturated carbocycles. The van der Waals surface area contributed by atoms with E-state index in [1.807, 2.05) is 24.3 Å². The number of hydrogen-bond acceptors (Lipinski definition) is 7. The van der Waals surface area contributed by atoms with E-state index in [1.165, 1.54) is 12.1 Å². The molecule has 4 atom stereocenters. The number of fused-ring (bicyclic) bond motifs is 5. The summed E-state index contributed by atoms with van der Waals surface area (Å²) in [5, 5.41) is 16.3. The van der Waals surface area contributed by atoms with Crippen LogP contribution in [0.5, 0.6) is 11.8 Å². The first-order valence-electron chi connectivity index (χ1n) is 14.8. The molecule has 0 aliphatic carbocycles. The van der Waals surface area contributed by atoms with Crippen LogP contribution in [0, 0.1) is 5.82 Å². The lowest BCUT2D eigenvalue weighted by Gasteiger charge is -2.34. The maximum atomic E-state index is 16.1. The Bertz CT molecular complexity index is 1710. The number of rotatable bonds is 5. The van der Waals surface area contributed by atoms with Gasteiger partial charge in [0, 0.05) is 49.1 Å². The lowest BCUT2D eigenvalue weighted by atomic mass is 9.95. The van der Waals surface area contributed by atoms with Gasteiger partial charge >= 0.3 is 6.01 Å². The van der Waals surface area contributed by atoms with Crippen molar-refractivity contribution in [3.05, 3.63) is 53.3 Å². The van der Waals surface area contributed by atoms with Crippen LogP contribution in [-0.4, -0.2) is 76.6 Å². The molecular weight excluding hydrogens is 560 g/mol. The monoisotopic (exact) mass is 591 g/mol. The Morgan fingerprint density at radius 1 is 1.07 bits per heavy atom. The Morgan fingerprint density at radius 2 is 1.88 bits per heavy atom. The highest BCUT2D eigenvalue weighted by Gasteiger charge is 2.49. The van der Waals surface area contributed by atoms with Crippen molar-refractivity contribution in [3.8, 4) is 22.9 Å². The number of phenols is 1. The number of hydrogen-bond donors (Lipinski definition) is 2. The number of nitrogens with zero attached hydrogens (tertiary/aromatic N) is 4. The van der Waals surface area contributed by atoms with Crippen molar-refractivity contribution in [1.82, 2.24) is 20.2 Å². The molecule has 4 aromatic rings. The third kappa shape index (κ3) is 4.28. The van der Waals surface area contributed by atoms with Crippen LogP contribution < -0.4 is 15.0 Å². The predicted octanol–water partition coefficient (Wildman–Crippen LogP) is 5.84. The summed E-state index contributed by atoms with van der Waals surface area (Å²) < 4.78 is 36.9. The number of phenolic OH excluding ortho intramolecular Hbond substituents is 1. The number of alkyl halides is 1. The first kappa shape index (κ1) is 26.4. The number of benzene rings is 3. The quantitative estimate of drug-likeness (QED) is 0.302. The molecule has 10 heteroatoms. The number of piperazine rings is 1. The van der Waals surface area contributed by atoms with Gasteiger partial charge in [-0.05, 0) is 66.8 Å². The Balaban J connectivity index is 1.27. The molecule has 1 aromatic heterocycles. The van der Waals surface area contributed by atoms with Crippen LogP contribution >= 0.6 is 11.6 Å². The van der Waals surface area contributed by atoms with Crippen molar-refractivity contribution < 1.29 is 18.6 Å². The standard InChI is InChI=1S/C32H32ClF2N5O2/c33-28-27(24-11-22(41)10-18-4-1-2-5-23(18)24)26(35)12-25-29(28)37-31(38-30(25)39-15-20-6-7-21(16-39)36-20)42-17-32-8-3-9-40(32)14-19(34)13-32/h1-2,4-5,10-12,19-21,36,41H,3,6-9,13-17H2. The van der Waals surface area contributed by atoms with E-state index in [4.69, 9.17) is 26.3 Å². The van der Waals surface area contributed by atoms with E-state index >= 15 is 4.39 Å². The van der Waals surface area contributed by atoms with Crippen molar-refractivity contribution in [2.24, 2.45) is 0 Å². The zero-order valence-corrected chi connectivity index (χ0v) is 23.9. The number of aromatic hydroxyl groups is 1. The highest BCUT2D eigenvalue weighted by atomic mass is 35.5. The molecule has 4 aliphatic rings. The van der Waals surface area contributed by atoms with Gasteiger partial charge in [-0.3, -0.25) is 4.90 Å². The molecule has 5 heterocycles. The SMILES string of the molecule is Oc1cc(-c2c(F)cc3c(N4CC5CCC(C4)N5)nc(OCC45CCCN4CC(F)C5)nc3c2Cl)c2ccccc2c1. The molecule has 4 unspecified atom stereocenters. The Kier molecular flexibility index (Phi) is 6.21. The van der Waals surface area contributed by atoms with Crippen LogP contribution in [0.1, 0.15) is 32.1 Å². The van der Waals surface area contributed by atoms with E-state index in [0.717, 1.165) is 56.1 Å². The predicted molar refractivity (Wildman–Crippen MR) is 160 cm³/mol. The molecule has 8 rings (SSSR count). The minimum atomic E-state index is -0.865. The summed E-state index contributed by atoms with van der Waals surface area (Å²) in [6, 6.07) is 13.0. The van der Waals surface area contributed by atoms with Crippen LogP contribution in [0.15, 0.2) is 42.5 Å². The van der Waals surface area contributed by atoms with Gasteiger partial charge in [-0.15, -0.1) is 0 Å². The summed E-state index contributed by atoms with van der Waals surface area (Å²) in [5.74, 6) is 0.100. The molecule has 42 heavy (non-hydrogen) atoms. The normalized spacial score (nSPS) is 27.3. The molecule has 0 spiro atoms. The largest absolute Gasteiger partial charge is 0.508 e. The average molecular weight is 592 g/mol. The molecule has 2 bridgehead atoms. The molecule has 218 valence electrons. The lowest BCUT2D eigenvalue weighted by molar-refractivity contribution is 0.107. The highest BCUT2D eigenvalue weighted by Crippen LogP contribution is 2.44. The van der Waals surface area contributed by atoms with Crippen molar-refractivity contribution in [3.63, 3.8) is 0 Å². The third-order valence-electron chi connectivity index (χ3n) is 9.71. The molecule has 3 aromatic carbocycles. The first-order chi connectivity index (χ1) is 20.4.